The summed E-state index contributed by atoms with van der Waals surface area (Å²) in [6, 6.07) is 3.61. The second-order valence-corrected chi connectivity index (χ2v) is 5.70. The molecule has 1 N–H and O–H groups in total. The third kappa shape index (κ3) is 4.03. The Morgan fingerprint density at radius 2 is 2.00 bits per heavy atom. The summed E-state index contributed by atoms with van der Waals surface area (Å²) in [5.41, 5.74) is 0. The van der Waals surface area contributed by atoms with Crippen LogP contribution in [0.2, 0.25) is 10.0 Å². The Morgan fingerprint density at radius 3 is 2.59 bits per heavy atom. The standard InChI is InChI=1S/C14H15Cl2NO5/c1-8(22-11-5-9(15)4-10(16)6-11)13(18)17-2-3-21-7-12(17)14(19)20/h4-6,8,12H,2-3,7H2,1H3,(H,19,20). The second-order valence-electron chi connectivity index (χ2n) is 4.83. The third-order valence-corrected chi connectivity index (χ3v) is 3.63. The van der Waals surface area contributed by atoms with Gasteiger partial charge in [0.15, 0.2) is 12.1 Å². The predicted octanol–water partition coefficient (Wildman–Crippen LogP) is 2.07. The Balaban J connectivity index is 2.09. The zero-order chi connectivity index (χ0) is 16.3. The van der Waals surface area contributed by atoms with Gasteiger partial charge in [-0.15, -0.1) is 0 Å². The first-order valence-corrected chi connectivity index (χ1v) is 7.38. The van der Waals surface area contributed by atoms with E-state index in [1.165, 1.54) is 17.0 Å². The highest BCUT2D eigenvalue weighted by Gasteiger charge is 2.35. The summed E-state index contributed by atoms with van der Waals surface area (Å²) < 4.78 is 10.6. The lowest BCUT2D eigenvalue weighted by molar-refractivity contribution is -0.161. The fourth-order valence-electron chi connectivity index (χ4n) is 2.16. The zero-order valence-electron chi connectivity index (χ0n) is 11.8. The van der Waals surface area contributed by atoms with Gasteiger partial charge in [0.25, 0.3) is 5.91 Å². The lowest BCUT2D eigenvalue weighted by Crippen LogP contribution is -2.55. The van der Waals surface area contributed by atoms with Gasteiger partial charge in [-0.05, 0) is 25.1 Å². The van der Waals surface area contributed by atoms with Crippen molar-refractivity contribution in [3.8, 4) is 5.75 Å². The van der Waals surface area contributed by atoms with Crippen LogP contribution in [-0.2, 0) is 14.3 Å². The molecule has 1 aliphatic heterocycles. The van der Waals surface area contributed by atoms with Gasteiger partial charge in [-0.2, -0.15) is 0 Å². The van der Waals surface area contributed by atoms with Crippen LogP contribution in [-0.4, -0.2) is 53.8 Å². The molecule has 22 heavy (non-hydrogen) atoms. The number of aliphatic carboxylic acids is 1. The molecule has 1 fully saturated rings. The lowest BCUT2D eigenvalue weighted by Gasteiger charge is -2.34. The fraction of sp³-hybridized carbons (Fsp3) is 0.429. The number of amides is 1. The molecule has 8 heteroatoms. The minimum absolute atomic E-state index is 0.0310. The zero-order valence-corrected chi connectivity index (χ0v) is 13.3. The van der Waals surface area contributed by atoms with E-state index in [0.29, 0.717) is 22.4 Å². The van der Waals surface area contributed by atoms with Crippen LogP contribution in [0.1, 0.15) is 6.92 Å². The van der Waals surface area contributed by atoms with Crippen molar-refractivity contribution in [2.24, 2.45) is 0 Å². The molecule has 1 saturated heterocycles. The number of carbonyl (C=O) groups is 2. The normalized spacial score (nSPS) is 19.6. The Labute approximate surface area is 137 Å². The highest BCUT2D eigenvalue weighted by Crippen LogP contribution is 2.25. The maximum Gasteiger partial charge on any atom is 0.328 e. The average Bonchev–Trinajstić information content (AvgIpc) is 2.45. The molecular weight excluding hydrogens is 333 g/mol. The molecule has 2 atom stereocenters. The molecule has 1 aromatic carbocycles. The number of rotatable bonds is 4. The Kier molecular flexibility index (Phi) is 5.50. The number of ether oxygens (including phenoxy) is 2. The van der Waals surface area contributed by atoms with Crippen molar-refractivity contribution in [3.05, 3.63) is 28.2 Å². The molecule has 120 valence electrons. The highest BCUT2D eigenvalue weighted by atomic mass is 35.5. The Bertz CT molecular complexity index is 560. The van der Waals surface area contributed by atoms with Crippen LogP contribution in [0.4, 0.5) is 0 Å². The topological polar surface area (TPSA) is 76.1 Å². The van der Waals surface area contributed by atoms with Crippen molar-refractivity contribution in [3.63, 3.8) is 0 Å². The van der Waals surface area contributed by atoms with Gasteiger partial charge in [0.2, 0.25) is 0 Å². The van der Waals surface area contributed by atoms with E-state index in [0.717, 1.165) is 0 Å². The van der Waals surface area contributed by atoms with Gasteiger partial charge in [0.05, 0.1) is 13.2 Å². The molecule has 0 spiro atoms. The molecule has 0 radical (unpaired) electrons. The first kappa shape index (κ1) is 16.9. The summed E-state index contributed by atoms with van der Waals surface area (Å²) in [6.07, 6.45) is -0.866. The molecule has 1 amide bonds. The molecule has 1 heterocycles. The molecule has 0 aliphatic carbocycles. The van der Waals surface area contributed by atoms with Crippen LogP contribution < -0.4 is 4.74 Å². The maximum atomic E-state index is 12.4. The summed E-state index contributed by atoms with van der Waals surface area (Å²) in [4.78, 5) is 24.8. The molecule has 0 bridgehead atoms. The summed E-state index contributed by atoms with van der Waals surface area (Å²) in [6.45, 7) is 2.02. The second kappa shape index (κ2) is 7.17. The molecule has 2 unspecified atom stereocenters. The summed E-state index contributed by atoms with van der Waals surface area (Å²) in [5, 5.41) is 9.92. The Hall–Kier alpha value is -1.50. The van der Waals surface area contributed by atoms with Gasteiger partial charge < -0.3 is 19.5 Å². The molecule has 1 aromatic rings. The van der Waals surface area contributed by atoms with Gasteiger partial charge in [0.1, 0.15) is 5.75 Å². The third-order valence-electron chi connectivity index (χ3n) is 3.19. The van der Waals surface area contributed by atoms with Gasteiger partial charge in [-0.1, -0.05) is 23.2 Å². The van der Waals surface area contributed by atoms with Crippen molar-refractivity contribution in [1.82, 2.24) is 4.90 Å². The van der Waals surface area contributed by atoms with Crippen LogP contribution in [0.15, 0.2) is 18.2 Å². The number of hydrogen-bond acceptors (Lipinski definition) is 4. The van der Waals surface area contributed by atoms with Crippen molar-refractivity contribution >= 4 is 35.1 Å². The number of nitrogens with zero attached hydrogens (tertiary/aromatic N) is 1. The summed E-state index contributed by atoms with van der Waals surface area (Å²) >= 11 is 11.7. The van der Waals surface area contributed by atoms with E-state index < -0.39 is 24.0 Å². The Morgan fingerprint density at radius 1 is 1.36 bits per heavy atom. The van der Waals surface area contributed by atoms with E-state index in [1.807, 2.05) is 0 Å². The molecule has 0 saturated carbocycles. The smallest absolute Gasteiger partial charge is 0.328 e. The van der Waals surface area contributed by atoms with Crippen LogP contribution in [0.5, 0.6) is 5.75 Å². The minimum atomic E-state index is -1.11. The largest absolute Gasteiger partial charge is 0.481 e. The van der Waals surface area contributed by atoms with Crippen LogP contribution >= 0.6 is 23.2 Å². The van der Waals surface area contributed by atoms with Crippen molar-refractivity contribution in [2.45, 2.75) is 19.1 Å². The highest BCUT2D eigenvalue weighted by molar-refractivity contribution is 6.34. The molecule has 0 aromatic heterocycles. The average molecular weight is 348 g/mol. The SMILES string of the molecule is CC(Oc1cc(Cl)cc(Cl)c1)C(=O)N1CCOCC1C(=O)O. The predicted molar refractivity (Wildman–Crippen MR) is 80.5 cm³/mol. The van der Waals surface area contributed by atoms with Gasteiger partial charge >= 0.3 is 5.97 Å². The van der Waals surface area contributed by atoms with Crippen LogP contribution in [0, 0.1) is 0 Å². The van der Waals surface area contributed by atoms with Crippen LogP contribution in [0.25, 0.3) is 0 Å². The molecular formula is C14H15Cl2NO5. The van der Waals surface area contributed by atoms with Crippen molar-refractivity contribution < 1.29 is 24.2 Å². The van der Waals surface area contributed by atoms with Crippen molar-refractivity contribution in [2.75, 3.05) is 19.8 Å². The number of morpholine rings is 1. The summed E-state index contributed by atoms with van der Waals surface area (Å²) in [5.74, 6) is -1.18. The van der Waals surface area contributed by atoms with Gasteiger partial charge in [-0.3, -0.25) is 4.79 Å². The molecule has 2 rings (SSSR count). The number of benzene rings is 1. The molecule has 1 aliphatic rings. The monoisotopic (exact) mass is 347 g/mol. The minimum Gasteiger partial charge on any atom is -0.481 e. The fourth-order valence-corrected chi connectivity index (χ4v) is 2.66. The van der Waals surface area contributed by atoms with Gasteiger partial charge in [-0.25, -0.2) is 4.79 Å². The molecule has 6 nitrogen and oxygen atoms in total. The number of halogens is 2. The number of hydrogen-bond donors (Lipinski definition) is 1. The van der Waals surface area contributed by atoms with E-state index in [4.69, 9.17) is 37.8 Å². The number of carboxylic acids is 1. The van der Waals surface area contributed by atoms with E-state index >= 15 is 0 Å². The number of carbonyl (C=O) groups excluding carboxylic acids is 1. The van der Waals surface area contributed by atoms with E-state index in [1.54, 1.807) is 13.0 Å². The maximum absolute atomic E-state index is 12.4. The van der Waals surface area contributed by atoms with Crippen LogP contribution in [0.3, 0.4) is 0 Å². The summed E-state index contributed by atoms with van der Waals surface area (Å²) in [7, 11) is 0. The van der Waals surface area contributed by atoms with Crippen molar-refractivity contribution in [1.29, 1.82) is 0 Å². The quantitative estimate of drug-likeness (QED) is 0.902. The van der Waals surface area contributed by atoms with E-state index in [-0.39, 0.29) is 13.2 Å². The van der Waals surface area contributed by atoms with E-state index in [2.05, 4.69) is 0 Å². The first-order valence-electron chi connectivity index (χ1n) is 6.62. The lowest BCUT2D eigenvalue weighted by atomic mass is 10.2. The number of carboxylic acid groups (broad SMARTS) is 1. The van der Waals surface area contributed by atoms with E-state index in [9.17, 15) is 9.59 Å². The van der Waals surface area contributed by atoms with Gasteiger partial charge in [0, 0.05) is 16.6 Å². The first-order chi connectivity index (χ1) is 10.4.